The third kappa shape index (κ3) is 5.70. The van der Waals surface area contributed by atoms with Gasteiger partial charge in [-0.1, -0.05) is 63.1 Å². The lowest BCUT2D eigenvalue weighted by Gasteiger charge is -2.25. The Bertz CT molecular complexity index is 402. The summed E-state index contributed by atoms with van der Waals surface area (Å²) in [5.41, 5.74) is 1.15. The SMILES string of the molecule is Cc1ccccc1OC1CCCCCCCCCCC1O. The summed E-state index contributed by atoms with van der Waals surface area (Å²) in [4.78, 5) is 0. The molecule has 2 unspecified atom stereocenters. The van der Waals surface area contributed by atoms with Gasteiger partial charge in [0.1, 0.15) is 11.9 Å². The van der Waals surface area contributed by atoms with Crippen LogP contribution >= 0.6 is 0 Å². The molecule has 0 spiro atoms. The summed E-state index contributed by atoms with van der Waals surface area (Å²) in [6.45, 7) is 2.07. The molecule has 0 bridgehead atoms. The van der Waals surface area contributed by atoms with Crippen molar-refractivity contribution in [1.29, 1.82) is 0 Å². The number of aliphatic hydroxyl groups excluding tert-OH is 1. The Morgan fingerprint density at radius 2 is 1.43 bits per heavy atom. The topological polar surface area (TPSA) is 29.5 Å². The summed E-state index contributed by atoms with van der Waals surface area (Å²) < 4.78 is 6.15. The number of rotatable bonds is 2. The number of para-hydroxylation sites is 1. The first-order valence-electron chi connectivity index (χ1n) is 8.68. The second-order valence-corrected chi connectivity index (χ2v) is 6.39. The van der Waals surface area contributed by atoms with E-state index in [1.165, 1.54) is 38.5 Å². The van der Waals surface area contributed by atoms with Crippen LogP contribution in [-0.4, -0.2) is 17.3 Å². The summed E-state index contributed by atoms with van der Waals surface area (Å²) in [6, 6.07) is 8.11. The van der Waals surface area contributed by atoms with Crippen LogP contribution in [-0.2, 0) is 0 Å². The fraction of sp³-hybridized carbons (Fsp3) is 0.684. The second-order valence-electron chi connectivity index (χ2n) is 6.39. The van der Waals surface area contributed by atoms with Gasteiger partial charge in [0.2, 0.25) is 0 Å². The normalized spacial score (nSPS) is 25.6. The van der Waals surface area contributed by atoms with E-state index in [9.17, 15) is 5.11 Å². The Labute approximate surface area is 129 Å². The third-order valence-corrected chi connectivity index (χ3v) is 4.54. The molecule has 1 N–H and O–H groups in total. The number of ether oxygens (including phenoxy) is 1. The number of aryl methyl sites for hydroxylation is 1. The van der Waals surface area contributed by atoms with Crippen molar-refractivity contribution in [3.63, 3.8) is 0 Å². The monoisotopic (exact) mass is 290 g/mol. The molecule has 0 heterocycles. The minimum Gasteiger partial charge on any atom is -0.487 e. The van der Waals surface area contributed by atoms with Crippen molar-refractivity contribution in [1.82, 2.24) is 0 Å². The Balaban J connectivity index is 1.96. The van der Waals surface area contributed by atoms with E-state index in [-0.39, 0.29) is 12.2 Å². The first-order valence-corrected chi connectivity index (χ1v) is 8.68. The van der Waals surface area contributed by atoms with Crippen LogP contribution < -0.4 is 4.74 Å². The van der Waals surface area contributed by atoms with Gasteiger partial charge in [-0.2, -0.15) is 0 Å². The first-order chi connectivity index (χ1) is 10.3. The van der Waals surface area contributed by atoms with Gasteiger partial charge in [0.25, 0.3) is 0 Å². The largest absolute Gasteiger partial charge is 0.487 e. The summed E-state index contributed by atoms with van der Waals surface area (Å²) in [5, 5.41) is 10.5. The van der Waals surface area contributed by atoms with Crippen molar-refractivity contribution in [2.75, 3.05) is 0 Å². The zero-order valence-electron chi connectivity index (χ0n) is 13.4. The van der Waals surface area contributed by atoms with Crippen molar-refractivity contribution in [3.05, 3.63) is 29.8 Å². The molecular weight excluding hydrogens is 260 g/mol. The molecule has 2 atom stereocenters. The molecule has 1 fully saturated rings. The maximum absolute atomic E-state index is 10.5. The molecule has 0 amide bonds. The molecule has 1 aromatic carbocycles. The highest BCUT2D eigenvalue weighted by atomic mass is 16.5. The molecular formula is C19H30O2. The smallest absolute Gasteiger partial charge is 0.124 e. The van der Waals surface area contributed by atoms with Crippen molar-refractivity contribution in [2.24, 2.45) is 0 Å². The van der Waals surface area contributed by atoms with Crippen molar-refractivity contribution in [2.45, 2.75) is 83.3 Å². The molecule has 1 aliphatic carbocycles. The van der Waals surface area contributed by atoms with Crippen molar-refractivity contribution < 1.29 is 9.84 Å². The molecule has 0 aliphatic heterocycles. The fourth-order valence-electron chi connectivity index (χ4n) is 3.13. The lowest BCUT2D eigenvalue weighted by molar-refractivity contribution is 0.0224. The van der Waals surface area contributed by atoms with E-state index in [2.05, 4.69) is 13.0 Å². The van der Waals surface area contributed by atoms with E-state index >= 15 is 0 Å². The van der Waals surface area contributed by atoms with Gasteiger partial charge in [-0.15, -0.1) is 0 Å². The summed E-state index contributed by atoms with van der Waals surface area (Å²) in [6.07, 6.45) is 11.6. The molecule has 1 saturated carbocycles. The summed E-state index contributed by atoms with van der Waals surface area (Å²) in [5.74, 6) is 0.925. The number of hydrogen-bond acceptors (Lipinski definition) is 2. The highest BCUT2D eigenvalue weighted by Gasteiger charge is 2.21. The van der Waals surface area contributed by atoms with E-state index in [0.29, 0.717) is 0 Å². The van der Waals surface area contributed by atoms with Gasteiger partial charge >= 0.3 is 0 Å². The van der Waals surface area contributed by atoms with Gasteiger partial charge in [0.05, 0.1) is 6.10 Å². The van der Waals surface area contributed by atoms with E-state index in [1.807, 2.05) is 18.2 Å². The van der Waals surface area contributed by atoms with Crippen molar-refractivity contribution >= 4 is 0 Å². The van der Waals surface area contributed by atoms with Gasteiger partial charge in [-0.25, -0.2) is 0 Å². The average Bonchev–Trinajstić information content (AvgIpc) is 2.48. The minimum absolute atomic E-state index is 0.0504. The van der Waals surface area contributed by atoms with Crippen LogP contribution in [0.1, 0.15) is 69.8 Å². The number of hydrogen-bond donors (Lipinski definition) is 1. The fourth-order valence-corrected chi connectivity index (χ4v) is 3.13. The van der Waals surface area contributed by atoms with Crippen molar-refractivity contribution in [3.8, 4) is 5.75 Å². The molecule has 1 aromatic rings. The standard InChI is InChI=1S/C19H30O2/c1-16-12-10-11-14-18(16)21-19-15-9-7-5-3-2-4-6-8-13-17(19)20/h10-12,14,17,19-20H,2-9,13,15H2,1H3. The Morgan fingerprint density at radius 1 is 0.857 bits per heavy atom. The first kappa shape index (κ1) is 16.4. The highest BCUT2D eigenvalue weighted by Crippen LogP contribution is 2.24. The zero-order valence-corrected chi connectivity index (χ0v) is 13.4. The third-order valence-electron chi connectivity index (χ3n) is 4.54. The quantitative estimate of drug-likeness (QED) is 0.829. The summed E-state index contributed by atoms with van der Waals surface area (Å²) in [7, 11) is 0. The van der Waals surface area contributed by atoms with Crippen LogP contribution in [0.3, 0.4) is 0 Å². The van der Waals surface area contributed by atoms with Gasteiger partial charge in [-0.3, -0.25) is 0 Å². The molecule has 2 heteroatoms. The average molecular weight is 290 g/mol. The highest BCUT2D eigenvalue weighted by molar-refractivity contribution is 5.32. The van der Waals surface area contributed by atoms with Crippen LogP contribution in [0.4, 0.5) is 0 Å². The van der Waals surface area contributed by atoms with Crippen LogP contribution in [0, 0.1) is 6.92 Å². The maximum Gasteiger partial charge on any atom is 0.124 e. The zero-order chi connectivity index (χ0) is 14.9. The Kier molecular flexibility index (Phi) is 7.08. The van der Waals surface area contributed by atoms with Crippen LogP contribution in [0.25, 0.3) is 0 Å². The van der Waals surface area contributed by atoms with Gasteiger partial charge in [-0.05, 0) is 37.8 Å². The van der Waals surface area contributed by atoms with E-state index in [1.54, 1.807) is 0 Å². The lowest BCUT2D eigenvalue weighted by Crippen LogP contribution is -2.32. The molecule has 0 radical (unpaired) electrons. The van der Waals surface area contributed by atoms with Crippen LogP contribution in [0.15, 0.2) is 24.3 Å². The molecule has 2 nitrogen and oxygen atoms in total. The molecule has 0 saturated heterocycles. The predicted octanol–water partition coefficient (Wildman–Crippen LogP) is 5.02. The van der Waals surface area contributed by atoms with Gasteiger partial charge in [0.15, 0.2) is 0 Å². The Hall–Kier alpha value is -1.02. The van der Waals surface area contributed by atoms with Crippen LogP contribution in [0.2, 0.25) is 0 Å². The molecule has 118 valence electrons. The molecule has 0 aromatic heterocycles. The molecule has 21 heavy (non-hydrogen) atoms. The lowest BCUT2D eigenvalue weighted by atomic mass is 9.97. The molecule has 2 rings (SSSR count). The van der Waals surface area contributed by atoms with Gasteiger partial charge in [0, 0.05) is 0 Å². The number of benzene rings is 1. The summed E-state index contributed by atoms with van der Waals surface area (Å²) >= 11 is 0. The van der Waals surface area contributed by atoms with E-state index in [4.69, 9.17) is 4.74 Å². The molecule has 1 aliphatic rings. The number of aliphatic hydroxyl groups is 1. The minimum atomic E-state index is -0.330. The second kappa shape index (κ2) is 9.09. The van der Waals surface area contributed by atoms with Crippen LogP contribution in [0.5, 0.6) is 5.75 Å². The van der Waals surface area contributed by atoms with E-state index in [0.717, 1.165) is 37.0 Å². The Morgan fingerprint density at radius 3 is 2.10 bits per heavy atom. The predicted molar refractivity (Wildman–Crippen MR) is 87.8 cm³/mol. The van der Waals surface area contributed by atoms with E-state index < -0.39 is 0 Å². The van der Waals surface area contributed by atoms with Gasteiger partial charge < -0.3 is 9.84 Å². The maximum atomic E-state index is 10.5.